The zero-order valence-corrected chi connectivity index (χ0v) is 18.4. The summed E-state index contributed by atoms with van der Waals surface area (Å²) < 4.78 is 0. The molecule has 30 heavy (non-hydrogen) atoms. The summed E-state index contributed by atoms with van der Waals surface area (Å²) in [6, 6.07) is 8.60. The van der Waals surface area contributed by atoms with Gasteiger partial charge in [-0.2, -0.15) is 0 Å². The number of carbonyl (C=O) groups excluding carboxylic acids is 2. The Morgan fingerprint density at radius 3 is 2.47 bits per heavy atom. The van der Waals surface area contributed by atoms with Crippen LogP contribution in [0.15, 0.2) is 30.8 Å². The van der Waals surface area contributed by atoms with Crippen LogP contribution in [-0.2, 0) is 22.4 Å². The van der Waals surface area contributed by atoms with E-state index in [1.165, 1.54) is 17.1 Å². The van der Waals surface area contributed by atoms with E-state index in [9.17, 15) is 4.79 Å². The quantitative estimate of drug-likeness (QED) is 0.517. The highest BCUT2D eigenvalue weighted by atomic mass is 16.1. The lowest BCUT2D eigenvalue weighted by Crippen LogP contribution is -2.28. The Morgan fingerprint density at radius 1 is 1.17 bits per heavy atom. The fourth-order valence-corrected chi connectivity index (χ4v) is 3.58. The van der Waals surface area contributed by atoms with E-state index in [1.807, 2.05) is 0 Å². The van der Waals surface area contributed by atoms with Gasteiger partial charge in [-0.25, -0.2) is 14.8 Å². The van der Waals surface area contributed by atoms with Crippen molar-refractivity contribution in [1.29, 1.82) is 0 Å². The summed E-state index contributed by atoms with van der Waals surface area (Å²) in [5.74, 6) is 2.01. The molecule has 0 N–H and O–H groups in total. The molecule has 3 rings (SSSR count). The summed E-state index contributed by atoms with van der Waals surface area (Å²) in [7, 11) is 2.17. The first-order valence-electron chi connectivity index (χ1n) is 10.5. The number of fused-ring (bicyclic) bond motifs is 1. The molecule has 1 aliphatic rings. The normalized spacial score (nSPS) is 13.3. The van der Waals surface area contributed by atoms with Gasteiger partial charge in [0.15, 0.2) is 0 Å². The SMILES string of the molecule is C=C=O.CCCN(CCC=O)c1nc2c(c(-c3ccc(C)cc3)n1)CCN(C)CC2. The second kappa shape index (κ2) is 12.0. The molecule has 0 saturated carbocycles. The van der Waals surface area contributed by atoms with Crippen LogP contribution in [0.5, 0.6) is 0 Å². The first kappa shape index (κ1) is 23.5. The summed E-state index contributed by atoms with van der Waals surface area (Å²) in [4.78, 5) is 33.9. The molecule has 1 aliphatic heterocycles. The van der Waals surface area contributed by atoms with Gasteiger partial charge in [0.1, 0.15) is 12.2 Å². The largest absolute Gasteiger partial charge is 0.340 e. The molecule has 0 atom stereocenters. The number of aldehydes is 1. The van der Waals surface area contributed by atoms with Gasteiger partial charge < -0.3 is 14.6 Å². The van der Waals surface area contributed by atoms with Gasteiger partial charge in [-0.1, -0.05) is 36.8 Å². The van der Waals surface area contributed by atoms with Crippen molar-refractivity contribution in [1.82, 2.24) is 14.9 Å². The van der Waals surface area contributed by atoms with Crippen molar-refractivity contribution in [3.05, 3.63) is 47.7 Å². The molecule has 2 heterocycles. The van der Waals surface area contributed by atoms with Gasteiger partial charge in [0.25, 0.3) is 0 Å². The van der Waals surface area contributed by atoms with Gasteiger partial charge in [-0.05, 0) is 33.4 Å². The average Bonchev–Trinajstić information content (AvgIpc) is 2.93. The molecule has 0 radical (unpaired) electrons. The number of likely N-dealkylation sites (N-methyl/N-ethyl adjacent to an activating group) is 1. The molecular formula is C24H32N4O2. The van der Waals surface area contributed by atoms with Gasteiger partial charge in [-0.15, -0.1) is 0 Å². The van der Waals surface area contributed by atoms with Gasteiger partial charge in [-0.3, -0.25) is 0 Å². The van der Waals surface area contributed by atoms with Crippen molar-refractivity contribution in [3.8, 4) is 11.3 Å². The van der Waals surface area contributed by atoms with E-state index in [0.717, 1.165) is 68.1 Å². The van der Waals surface area contributed by atoms with Crippen LogP contribution < -0.4 is 4.90 Å². The summed E-state index contributed by atoms with van der Waals surface area (Å²) in [6.07, 6.45) is 4.39. The van der Waals surface area contributed by atoms with Crippen LogP contribution in [0.3, 0.4) is 0 Å². The molecule has 0 aliphatic carbocycles. The fourth-order valence-electron chi connectivity index (χ4n) is 3.58. The van der Waals surface area contributed by atoms with E-state index >= 15 is 0 Å². The van der Waals surface area contributed by atoms with Crippen molar-refractivity contribution in [3.63, 3.8) is 0 Å². The van der Waals surface area contributed by atoms with E-state index in [-0.39, 0.29) is 0 Å². The lowest BCUT2D eigenvalue weighted by Gasteiger charge is -2.23. The maximum atomic E-state index is 10.9. The van der Waals surface area contributed by atoms with Crippen molar-refractivity contribution in [2.75, 3.05) is 38.1 Å². The van der Waals surface area contributed by atoms with E-state index in [2.05, 4.69) is 61.5 Å². The third-order valence-electron chi connectivity index (χ3n) is 5.17. The molecule has 160 valence electrons. The van der Waals surface area contributed by atoms with Crippen LogP contribution in [0.1, 0.15) is 36.6 Å². The Labute approximate surface area is 179 Å². The maximum absolute atomic E-state index is 10.9. The minimum atomic E-state index is 0.503. The maximum Gasteiger partial charge on any atom is 0.226 e. The molecule has 0 bridgehead atoms. The Balaban J connectivity index is 0.00000101. The zero-order chi connectivity index (χ0) is 21.9. The van der Waals surface area contributed by atoms with E-state index in [4.69, 9.17) is 14.8 Å². The second-order valence-electron chi connectivity index (χ2n) is 7.55. The number of aromatic nitrogens is 2. The highest BCUT2D eigenvalue weighted by Crippen LogP contribution is 2.29. The van der Waals surface area contributed by atoms with Gasteiger partial charge in [0.2, 0.25) is 5.95 Å². The molecule has 0 amide bonds. The smallest absolute Gasteiger partial charge is 0.226 e. The molecule has 1 aromatic carbocycles. The number of rotatable bonds is 7. The van der Waals surface area contributed by atoms with Crippen LogP contribution in [-0.4, -0.2) is 60.3 Å². The Hall–Kier alpha value is -2.82. The molecule has 0 saturated heterocycles. The van der Waals surface area contributed by atoms with Crippen molar-refractivity contribution in [2.45, 2.75) is 39.5 Å². The molecule has 6 heteroatoms. The summed E-state index contributed by atoms with van der Waals surface area (Å²) >= 11 is 0. The molecule has 6 nitrogen and oxygen atoms in total. The Morgan fingerprint density at radius 2 is 1.83 bits per heavy atom. The zero-order valence-electron chi connectivity index (χ0n) is 18.4. The van der Waals surface area contributed by atoms with Crippen LogP contribution in [0.25, 0.3) is 11.3 Å². The number of aryl methyl sites for hydroxylation is 1. The number of carbonyl (C=O) groups is 1. The van der Waals surface area contributed by atoms with Crippen LogP contribution in [0.4, 0.5) is 5.95 Å². The van der Waals surface area contributed by atoms with E-state index in [1.54, 1.807) is 0 Å². The lowest BCUT2D eigenvalue weighted by atomic mass is 10.0. The van der Waals surface area contributed by atoms with Crippen molar-refractivity contribution in [2.24, 2.45) is 0 Å². The highest BCUT2D eigenvalue weighted by molar-refractivity contribution is 5.66. The van der Waals surface area contributed by atoms with Crippen LogP contribution in [0.2, 0.25) is 0 Å². The number of benzene rings is 1. The molecule has 2 aromatic rings. The average molecular weight is 409 g/mol. The minimum Gasteiger partial charge on any atom is -0.340 e. The van der Waals surface area contributed by atoms with Gasteiger partial charge in [0, 0.05) is 50.1 Å². The number of nitrogens with zero attached hydrogens (tertiary/aromatic N) is 4. The first-order chi connectivity index (χ1) is 14.5. The van der Waals surface area contributed by atoms with Gasteiger partial charge >= 0.3 is 0 Å². The standard InChI is InChI=1S/C22H30N4O.C2H2O/c1-4-12-26(13-5-16-27)22-23-20-11-15-25(3)14-10-19(20)21(24-22)18-8-6-17(2)7-9-18;1-2-3/h6-9,16H,4-5,10-15H2,1-3H3;1H2. The number of hydrogen-bond acceptors (Lipinski definition) is 6. The Kier molecular flexibility index (Phi) is 9.39. The van der Waals surface area contributed by atoms with E-state index in [0.29, 0.717) is 13.0 Å². The summed E-state index contributed by atoms with van der Waals surface area (Å²) in [5, 5.41) is 0. The lowest BCUT2D eigenvalue weighted by molar-refractivity contribution is -0.107. The molecule has 1 aromatic heterocycles. The summed E-state index contributed by atoms with van der Waals surface area (Å²) in [5.41, 5.74) is 5.89. The predicted octanol–water partition coefficient (Wildman–Crippen LogP) is 3.29. The molecule has 0 fully saturated rings. The number of anilines is 1. The fraction of sp³-hybridized carbons (Fsp3) is 0.458. The monoisotopic (exact) mass is 408 g/mol. The number of hydrogen-bond donors (Lipinski definition) is 0. The molecule has 0 unspecified atom stereocenters. The third kappa shape index (κ3) is 6.34. The van der Waals surface area contributed by atoms with Crippen molar-refractivity contribution >= 4 is 18.2 Å². The predicted molar refractivity (Wildman–Crippen MR) is 122 cm³/mol. The highest BCUT2D eigenvalue weighted by Gasteiger charge is 2.21. The van der Waals surface area contributed by atoms with E-state index < -0.39 is 0 Å². The minimum absolute atomic E-state index is 0.503. The van der Waals surface area contributed by atoms with Gasteiger partial charge in [0.05, 0.1) is 11.4 Å². The first-order valence-corrected chi connectivity index (χ1v) is 10.5. The molecular weight excluding hydrogens is 376 g/mol. The van der Waals surface area contributed by atoms with Crippen LogP contribution >= 0.6 is 0 Å². The summed E-state index contributed by atoms with van der Waals surface area (Å²) in [6.45, 7) is 10.5. The third-order valence-corrected chi connectivity index (χ3v) is 5.17. The topological polar surface area (TPSA) is 66.4 Å². The van der Waals surface area contributed by atoms with Crippen LogP contribution in [0, 0.1) is 6.92 Å². The Bertz CT molecular complexity index is 858. The van der Waals surface area contributed by atoms with Crippen molar-refractivity contribution < 1.29 is 9.59 Å². The second-order valence-corrected chi connectivity index (χ2v) is 7.55. The molecule has 0 spiro atoms.